The van der Waals surface area contributed by atoms with Gasteiger partial charge in [0.1, 0.15) is 0 Å². The number of hydrogen-bond donors (Lipinski definition) is 1. The van der Waals surface area contributed by atoms with Gasteiger partial charge in [-0.3, -0.25) is 0 Å². The molecule has 0 heterocycles. The molecular weight excluding hydrogens is 136 g/mol. The van der Waals surface area contributed by atoms with Gasteiger partial charge >= 0.3 is 0 Å². The summed E-state index contributed by atoms with van der Waals surface area (Å²) >= 11 is 0. The molecule has 11 heavy (non-hydrogen) atoms. The Morgan fingerprint density at radius 3 is 2.64 bits per heavy atom. The molecule has 0 saturated heterocycles. The average molecular weight is 156 g/mol. The predicted octanol–water partition coefficient (Wildman–Crippen LogP) is 2.58. The quantitative estimate of drug-likeness (QED) is 0.578. The molecule has 0 aromatic carbocycles. The molecule has 1 rings (SSSR count). The number of hydrogen-bond acceptors (Lipinski definition) is 1. The fraction of sp³-hybridized carbons (Fsp3) is 1.00. The van der Waals surface area contributed by atoms with Crippen molar-refractivity contribution in [2.45, 2.75) is 52.1 Å². The summed E-state index contributed by atoms with van der Waals surface area (Å²) in [6.07, 6.45) is 5.90. The Labute approximate surface area is 69.8 Å². The first-order valence-corrected chi connectivity index (χ1v) is 4.90. The van der Waals surface area contributed by atoms with Gasteiger partial charge < -0.3 is 5.11 Å². The maximum absolute atomic E-state index is 9.47. The Kier molecular flexibility index (Phi) is 3.38. The van der Waals surface area contributed by atoms with Crippen LogP contribution in [0, 0.1) is 11.8 Å². The molecule has 0 radical (unpaired) electrons. The average Bonchev–Trinajstić information content (AvgIpc) is 2.11. The summed E-state index contributed by atoms with van der Waals surface area (Å²) in [6, 6.07) is 0. The minimum Gasteiger partial charge on any atom is -0.393 e. The summed E-state index contributed by atoms with van der Waals surface area (Å²) < 4.78 is 0. The van der Waals surface area contributed by atoms with Crippen LogP contribution in [-0.2, 0) is 0 Å². The lowest BCUT2D eigenvalue weighted by atomic mass is 9.93. The van der Waals surface area contributed by atoms with Gasteiger partial charge in [-0.05, 0) is 37.5 Å². The Morgan fingerprint density at radius 2 is 2.00 bits per heavy atom. The van der Waals surface area contributed by atoms with E-state index in [9.17, 15) is 5.11 Å². The minimum atomic E-state index is -0.0125. The molecule has 1 aliphatic rings. The van der Waals surface area contributed by atoms with Crippen LogP contribution in [0.1, 0.15) is 46.0 Å². The SMILES string of the molecule is CCC1CCC(O)CC(C)C1. The van der Waals surface area contributed by atoms with E-state index in [1.165, 1.54) is 19.3 Å². The zero-order valence-electron chi connectivity index (χ0n) is 7.71. The molecule has 0 aromatic heterocycles. The topological polar surface area (TPSA) is 20.2 Å². The fourth-order valence-electron chi connectivity index (χ4n) is 2.16. The van der Waals surface area contributed by atoms with Gasteiger partial charge in [0.2, 0.25) is 0 Å². The third-order valence-corrected chi connectivity index (χ3v) is 2.90. The fourth-order valence-corrected chi connectivity index (χ4v) is 2.16. The molecule has 0 spiro atoms. The highest BCUT2D eigenvalue weighted by atomic mass is 16.3. The van der Waals surface area contributed by atoms with Crippen LogP contribution in [0.25, 0.3) is 0 Å². The molecule has 1 heteroatoms. The Hall–Kier alpha value is -0.0400. The summed E-state index contributed by atoms with van der Waals surface area (Å²) in [7, 11) is 0. The highest BCUT2D eigenvalue weighted by molar-refractivity contribution is 4.72. The van der Waals surface area contributed by atoms with E-state index in [4.69, 9.17) is 0 Å². The normalized spacial score (nSPS) is 40.1. The number of aliphatic hydroxyl groups is 1. The Morgan fingerprint density at radius 1 is 1.27 bits per heavy atom. The van der Waals surface area contributed by atoms with Gasteiger partial charge in [0.05, 0.1) is 6.10 Å². The monoisotopic (exact) mass is 156 g/mol. The Bertz CT molecular complexity index is 111. The highest BCUT2D eigenvalue weighted by Crippen LogP contribution is 2.29. The van der Waals surface area contributed by atoms with Crippen molar-refractivity contribution < 1.29 is 5.11 Å². The van der Waals surface area contributed by atoms with E-state index in [0.717, 1.165) is 24.7 Å². The predicted molar refractivity (Wildman–Crippen MR) is 47.4 cm³/mol. The Balaban J connectivity index is 2.39. The number of aliphatic hydroxyl groups excluding tert-OH is 1. The van der Waals surface area contributed by atoms with Crippen LogP contribution in [-0.4, -0.2) is 11.2 Å². The van der Waals surface area contributed by atoms with Crippen LogP contribution >= 0.6 is 0 Å². The summed E-state index contributed by atoms with van der Waals surface area (Å²) in [5.41, 5.74) is 0. The molecule has 1 nitrogen and oxygen atoms in total. The molecule has 3 atom stereocenters. The summed E-state index contributed by atoms with van der Waals surface area (Å²) in [6.45, 7) is 4.52. The van der Waals surface area contributed by atoms with Crippen LogP contribution in [0.5, 0.6) is 0 Å². The maximum Gasteiger partial charge on any atom is 0.0542 e. The first-order chi connectivity index (χ1) is 5.22. The molecule has 66 valence electrons. The van der Waals surface area contributed by atoms with Crippen molar-refractivity contribution in [3.8, 4) is 0 Å². The van der Waals surface area contributed by atoms with E-state index in [2.05, 4.69) is 13.8 Å². The largest absolute Gasteiger partial charge is 0.393 e. The standard InChI is InChI=1S/C10H20O/c1-3-9-4-5-10(11)7-8(2)6-9/h8-11H,3-7H2,1-2H3. The molecule has 1 fully saturated rings. The minimum absolute atomic E-state index is 0.0125. The van der Waals surface area contributed by atoms with Gasteiger partial charge in [-0.25, -0.2) is 0 Å². The van der Waals surface area contributed by atoms with E-state index < -0.39 is 0 Å². The molecule has 1 aliphatic carbocycles. The zero-order chi connectivity index (χ0) is 8.27. The lowest BCUT2D eigenvalue weighted by molar-refractivity contribution is 0.144. The summed E-state index contributed by atoms with van der Waals surface area (Å²) in [5, 5.41) is 9.47. The second-order valence-electron chi connectivity index (χ2n) is 4.08. The van der Waals surface area contributed by atoms with Crippen LogP contribution in [0.4, 0.5) is 0 Å². The lowest BCUT2D eigenvalue weighted by Crippen LogP contribution is -2.07. The van der Waals surface area contributed by atoms with Crippen molar-refractivity contribution >= 4 is 0 Å². The van der Waals surface area contributed by atoms with Crippen LogP contribution in [0.3, 0.4) is 0 Å². The third-order valence-electron chi connectivity index (χ3n) is 2.90. The van der Waals surface area contributed by atoms with E-state index in [1.54, 1.807) is 0 Å². The second kappa shape index (κ2) is 4.10. The van der Waals surface area contributed by atoms with Crippen molar-refractivity contribution in [2.75, 3.05) is 0 Å². The first-order valence-electron chi connectivity index (χ1n) is 4.90. The molecule has 0 aliphatic heterocycles. The van der Waals surface area contributed by atoms with Crippen LogP contribution in [0.2, 0.25) is 0 Å². The van der Waals surface area contributed by atoms with Crippen LogP contribution in [0.15, 0.2) is 0 Å². The van der Waals surface area contributed by atoms with Gasteiger partial charge in [-0.15, -0.1) is 0 Å². The molecule has 0 bridgehead atoms. The summed E-state index contributed by atoms with van der Waals surface area (Å²) in [5.74, 6) is 1.61. The van der Waals surface area contributed by atoms with E-state index in [1.807, 2.05) is 0 Å². The van der Waals surface area contributed by atoms with E-state index >= 15 is 0 Å². The highest BCUT2D eigenvalue weighted by Gasteiger charge is 2.20. The molecule has 0 aromatic rings. The smallest absolute Gasteiger partial charge is 0.0542 e. The van der Waals surface area contributed by atoms with E-state index in [-0.39, 0.29) is 6.10 Å². The first kappa shape index (κ1) is 9.05. The van der Waals surface area contributed by atoms with Gasteiger partial charge in [-0.1, -0.05) is 20.3 Å². The van der Waals surface area contributed by atoms with Gasteiger partial charge in [0.25, 0.3) is 0 Å². The second-order valence-corrected chi connectivity index (χ2v) is 4.08. The maximum atomic E-state index is 9.47. The van der Waals surface area contributed by atoms with Crippen molar-refractivity contribution in [1.29, 1.82) is 0 Å². The lowest BCUT2D eigenvalue weighted by Gasteiger charge is -2.13. The zero-order valence-corrected chi connectivity index (χ0v) is 7.71. The third kappa shape index (κ3) is 2.82. The molecule has 1 saturated carbocycles. The molecule has 1 N–H and O–H groups in total. The number of rotatable bonds is 1. The van der Waals surface area contributed by atoms with Gasteiger partial charge in [0.15, 0.2) is 0 Å². The van der Waals surface area contributed by atoms with Crippen molar-refractivity contribution in [3.05, 3.63) is 0 Å². The van der Waals surface area contributed by atoms with Crippen molar-refractivity contribution in [2.24, 2.45) is 11.8 Å². The van der Waals surface area contributed by atoms with Crippen molar-refractivity contribution in [3.63, 3.8) is 0 Å². The van der Waals surface area contributed by atoms with Gasteiger partial charge in [-0.2, -0.15) is 0 Å². The van der Waals surface area contributed by atoms with Crippen molar-refractivity contribution in [1.82, 2.24) is 0 Å². The van der Waals surface area contributed by atoms with E-state index in [0.29, 0.717) is 0 Å². The molecular formula is C10H20O. The molecule has 3 unspecified atom stereocenters. The van der Waals surface area contributed by atoms with Gasteiger partial charge in [0, 0.05) is 0 Å². The summed E-state index contributed by atoms with van der Waals surface area (Å²) in [4.78, 5) is 0. The van der Waals surface area contributed by atoms with Crippen LogP contribution < -0.4 is 0 Å². The molecule has 0 amide bonds.